The standard InChI is InChI=1S/C27H27ClN2O6S/c28-24-10-12-25(13-11-24)37(33,34)29-26(31)23-8-6-20(7-9-23)16-22-17-30(14-15-35-18-22)27(32)36-19-21-4-2-1-3-5-21/h1-13,22H,14-19H2,(H,29,31)/t22-/m1/s1. The van der Waals surface area contributed by atoms with Gasteiger partial charge in [0, 0.05) is 29.6 Å². The molecule has 10 heteroatoms. The van der Waals surface area contributed by atoms with Crippen LogP contribution < -0.4 is 4.72 Å². The van der Waals surface area contributed by atoms with Crippen LogP contribution >= 0.6 is 11.6 Å². The molecular weight excluding hydrogens is 516 g/mol. The van der Waals surface area contributed by atoms with Crippen molar-refractivity contribution < 1.29 is 27.5 Å². The summed E-state index contributed by atoms with van der Waals surface area (Å²) in [7, 11) is -4.02. The molecule has 37 heavy (non-hydrogen) atoms. The van der Waals surface area contributed by atoms with E-state index in [1.54, 1.807) is 29.2 Å². The topological polar surface area (TPSA) is 102 Å². The predicted octanol–water partition coefficient (Wildman–Crippen LogP) is 4.29. The van der Waals surface area contributed by atoms with E-state index in [9.17, 15) is 18.0 Å². The van der Waals surface area contributed by atoms with Gasteiger partial charge >= 0.3 is 6.09 Å². The Morgan fingerprint density at radius 1 is 0.973 bits per heavy atom. The van der Waals surface area contributed by atoms with Crippen molar-refractivity contribution in [2.75, 3.05) is 26.3 Å². The lowest BCUT2D eigenvalue weighted by Gasteiger charge is -2.23. The Bertz CT molecular complexity index is 1320. The van der Waals surface area contributed by atoms with Crippen LogP contribution in [0.2, 0.25) is 5.02 Å². The highest BCUT2D eigenvalue weighted by Crippen LogP contribution is 2.17. The maximum atomic E-state index is 12.6. The zero-order valence-electron chi connectivity index (χ0n) is 20.0. The SMILES string of the molecule is O=C(NS(=O)(=O)c1ccc(Cl)cc1)c1ccc(C[C@H]2COCCN(C(=O)OCc3ccccc3)C2)cc1. The Morgan fingerprint density at radius 2 is 1.68 bits per heavy atom. The number of carbonyl (C=O) groups excluding carboxylic acids is 2. The first kappa shape index (κ1) is 26.7. The van der Waals surface area contributed by atoms with Crippen molar-refractivity contribution >= 4 is 33.6 Å². The van der Waals surface area contributed by atoms with E-state index in [1.807, 2.05) is 30.3 Å². The molecule has 3 aromatic carbocycles. The first-order valence-electron chi connectivity index (χ1n) is 11.8. The van der Waals surface area contributed by atoms with Crippen LogP contribution in [0.15, 0.2) is 83.8 Å². The number of benzene rings is 3. The number of nitrogens with one attached hydrogen (secondary N) is 1. The molecule has 0 unspecified atom stereocenters. The van der Waals surface area contributed by atoms with Crippen molar-refractivity contribution in [2.45, 2.75) is 17.9 Å². The van der Waals surface area contributed by atoms with Crippen LogP contribution in [0.1, 0.15) is 21.5 Å². The molecule has 8 nitrogen and oxygen atoms in total. The zero-order chi connectivity index (χ0) is 26.3. The Kier molecular flexibility index (Phi) is 8.81. The molecule has 1 saturated heterocycles. The summed E-state index contributed by atoms with van der Waals surface area (Å²) in [5, 5.41) is 0.395. The smallest absolute Gasteiger partial charge is 0.410 e. The van der Waals surface area contributed by atoms with Gasteiger partial charge in [0.1, 0.15) is 6.61 Å². The van der Waals surface area contributed by atoms with E-state index >= 15 is 0 Å². The lowest BCUT2D eigenvalue weighted by atomic mass is 9.98. The molecule has 194 valence electrons. The minimum absolute atomic E-state index is 0.0386. The molecule has 0 aromatic heterocycles. The van der Waals surface area contributed by atoms with Gasteiger partial charge in [-0.15, -0.1) is 0 Å². The van der Waals surface area contributed by atoms with Crippen LogP contribution in [0, 0.1) is 5.92 Å². The van der Waals surface area contributed by atoms with E-state index < -0.39 is 15.9 Å². The molecule has 1 atom stereocenters. The second kappa shape index (κ2) is 12.2. The highest BCUT2D eigenvalue weighted by atomic mass is 35.5. The molecule has 1 fully saturated rings. The van der Waals surface area contributed by atoms with Crippen LogP contribution in [0.5, 0.6) is 0 Å². The van der Waals surface area contributed by atoms with Crippen molar-refractivity contribution in [3.05, 3.63) is 101 Å². The lowest BCUT2D eigenvalue weighted by Crippen LogP contribution is -2.36. The summed E-state index contributed by atoms with van der Waals surface area (Å²) in [6, 6.07) is 21.7. The number of rotatable bonds is 7. The van der Waals surface area contributed by atoms with Crippen LogP contribution in [0.4, 0.5) is 4.79 Å². The quantitative estimate of drug-likeness (QED) is 0.478. The third-order valence-corrected chi connectivity index (χ3v) is 7.49. The molecule has 0 saturated carbocycles. The Hall–Kier alpha value is -3.40. The van der Waals surface area contributed by atoms with Gasteiger partial charge < -0.3 is 14.4 Å². The molecular formula is C27H27ClN2O6S. The fraction of sp³-hybridized carbons (Fsp3) is 0.259. The van der Waals surface area contributed by atoms with Gasteiger partial charge in [0.15, 0.2) is 0 Å². The van der Waals surface area contributed by atoms with E-state index in [-0.39, 0.29) is 29.1 Å². The van der Waals surface area contributed by atoms with Gasteiger partial charge in [-0.05, 0) is 53.9 Å². The third kappa shape index (κ3) is 7.55. The zero-order valence-corrected chi connectivity index (χ0v) is 21.6. The number of ether oxygens (including phenoxy) is 2. The van der Waals surface area contributed by atoms with Crippen molar-refractivity contribution in [1.29, 1.82) is 0 Å². The minimum Gasteiger partial charge on any atom is -0.445 e. The number of nitrogens with zero attached hydrogens (tertiary/aromatic N) is 1. The Morgan fingerprint density at radius 3 is 2.38 bits per heavy atom. The fourth-order valence-electron chi connectivity index (χ4n) is 3.96. The maximum Gasteiger partial charge on any atom is 0.410 e. The molecule has 0 bridgehead atoms. The number of sulfonamides is 1. The largest absolute Gasteiger partial charge is 0.445 e. The molecule has 0 aliphatic carbocycles. The first-order valence-corrected chi connectivity index (χ1v) is 13.6. The number of hydrogen-bond donors (Lipinski definition) is 1. The fourth-order valence-corrected chi connectivity index (χ4v) is 5.06. The van der Waals surface area contributed by atoms with E-state index in [4.69, 9.17) is 21.1 Å². The summed E-state index contributed by atoms with van der Waals surface area (Å²) in [5.41, 5.74) is 2.07. The molecule has 1 heterocycles. The number of hydrogen-bond acceptors (Lipinski definition) is 6. The average Bonchev–Trinajstić information content (AvgIpc) is 3.14. The summed E-state index contributed by atoms with van der Waals surface area (Å²) in [4.78, 5) is 26.8. The number of amides is 2. The van der Waals surface area contributed by atoms with Gasteiger partial charge in [-0.25, -0.2) is 17.9 Å². The van der Waals surface area contributed by atoms with Crippen molar-refractivity contribution in [3.63, 3.8) is 0 Å². The summed E-state index contributed by atoms with van der Waals surface area (Å²) in [6.07, 6.45) is 0.237. The van der Waals surface area contributed by atoms with Crippen molar-refractivity contribution in [1.82, 2.24) is 9.62 Å². The number of carbonyl (C=O) groups is 2. The van der Waals surface area contributed by atoms with Gasteiger partial charge in [-0.3, -0.25) is 4.79 Å². The Labute approximate surface area is 221 Å². The molecule has 0 radical (unpaired) electrons. The van der Waals surface area contributed by atoms with E-state index in [0.717, 1.165) is 11.1 Å². The summed E-state index contributed by atoms with van der Waals surface area (Å²) in [6.45, 7) is 2.06. The van der Waals surface area contributed by atoms with Gasteiger partial charge in [0.05, 0.1) is 18.1 Å². The van der Waals surface area contributed by atoms with Crippen LogP contribution in [0.25, 0.3) is 0 Å². The highest BCUT2D eigenvalue weighted by Gasteiger charge is 2.24. The van der Waals surface area contributed by atoms with E-state index in [2.05, 4.69) is 4.72 Å². The predicted molar refractivity (Wildman–Crippen MR) is 139 cm³/mol. The third-order valence-electron chi connectivity index (χ3n) is 5.89. The monoisotopic (exact) mass is 542 g/mol. The first-order chi connectivity index (χ1) is 17.8. The van der Waals surface area contributed by atoms with Crippen molar-refractivity contribution in [2.24, 2.45) is 5.92 Å². The second-order valence-electron chi connectivity index (χ2n) is 8.72. The van der Waals surface area contributed by atoms with Gasteiger partial charge in [-0.2, -0.15) is 0 Å². The molecule has 1 N–H and O–H groups in total. The van der Waals surface area contributed by atoms with Crippen molar-refractivity contribution in [3.8, 4) is 0 Å². The minimum atomic E-state index is -4.02. The lowest BCUT2D eigenvalue weighted by molar-refractivity contribution is 0.0914. The van der Waals surface area contributed by atoms with Crippen LogP contribution in [0.3, 0.4) is 0 Å². The van der Waals surface area contributed by atoms with Crippen LogP contribution in [-0.4, -0.2) is 51.6 Å². The average molecular weight is 543 g/mol. The summed E-state index contributed by atoms with van der Waals surface area (Å²) >= 11 is 5.80. The van der Waals surface area contributed by atoms with E-state index in [1.165, 1.54) is 24.3 Å². The summed E-state index contributed by atoms with van der Waals surface area (Å²) < 4.78 is 38.2. The van der Waals surface area contributed by atoms with E-state index in [0.29, 0.717) is 37.7 Å². The normalized spacial score (nSPS) is 16.0. The van der Waals surface area contributed by atoms with Crippen LogP contribution in [-0.2, 0) is 32.5 Å². The second-order valence-corrected chi connectivity index (χ2v) is 10.8. The highest BCUT2D eigenvalue weighted by molar-refractivity contribution is 7.90. The maximum absolute atomic E-state index is 12.6. The van der Waals surface area contributed by atoms with Gasteiger partial charge in [0.25, 0.3) is 15.9 Å². The van der Waals surface area contributed by atoms with Gasteiger partial charge in [0.2, 0.25) is 0 Å². The summed E-state index contributed by atoms with van der Waals surface area (Å²) in [5.74, 6) is -0.691. The number of halogens is 1. The molecule has 1 aliphatic rings. The van der Waals surface area contributed by atoms with Gasteiger partial charge in [-0.1, -0.05) is 54.1 Å². The Balaban J connectivity index is 1.33. The molecule has 4 rings (SSSR count). The molecule has 0 spiro atoms. The molecule has 3 aromatic rings. The molecule has 1 aliphatic heterocycles. The molecule has 2 amide bonds.